The lowest BCUT2D eigenvalue weighted by atomic mass is 10.0. The second-order valence-corrected chi connectivity index (χ2v) is 7.05. The third-order valence-corrected chi connectivity index (χ3v) is 5.11. The van der Waals surface area contributed by atoms with Crippen LogP contribution < -0.4 is 10.0 Å². The van der Waals surface area contributed by atoms with E-state index >= 15 is 0 Å². The average molecular weight is 275 g/mol. The largest absolute Gasteiger partial charge is 0.317 e. The number of sulfonamides is 1. The van der Waals surface area contributed by atoms with Crippen molar-refractivity contribution >= 4 is 21.4 Å². The second kappa shape index (κ2) is 5.90. The Morgan fingerprint density at radius 3 is 2.88 bits per heavy atom. The van der Waals surface area contributed by atoms with Crippen LogP contribution in [0.2, 0.25) is 0 Å². The van der Waals surface area contributed by atoms with Gasteiger partial charge in [0.1, 0.15) is 5.01 Å². The van der Waals surface area contributed by atoms with Crippen molar-refractivity contribution in [2.75, 3.05) is 18.8 Å². The molecule has 0 radical (unpaired) electrons. The maximum absolute atomic E-state index is 11.8. The van der Waals surface area contributed by atoms with Gasteiger partial charge in [-0.3, -0.25) is 0 Å². The molecular weight excluding hydrogens is 258 g/mol. The van der Waals surface area contributed by atoms with E-state index in [9.17, 15) is 8.42 Å². The first-order valence-electron chi connectivity index (χ1n) is 5.72. The summed E-state index contributed by atoms with van der Waals surface area (Å²) in [5.74, 6) is 0.519. The number of aromatic nitrogens is 1. The van der Waals surface area contributed by atoms with Crippen molar-refractivity contribution in [2.24, 2.45) is 5.92 Å². The number of piperidine rings is 1. The Bertz CT molecular complexity index is 424. The zero-order valence-electron chi connectivity index (χ0n) is 9.55. The molecule has 0 saturated carbocycles. The van der Waals surface area contributed by atoms with E-state index in [4.69, 9.17) is 0 Å². The molecule has 0 atom stereocenters. The Hall–Kier alpha value is -0.500. The first-order chi connectivity index (χ1) is 8.16. The van der Waals surface area contributed by atoms with E-state index in [0.29, 0.717) is 6.54 Å². The highest BCUT2D eigenvalue weighted by atomic mass is 32.2. The third-order valence-electron chi connectivity index (χ3n) is 2.84. The van der Waals surface area contributed by atoms with Crippen LogP contribution in [0, 0.1) is 5.92 Å². The summed E-state index contributed by atoms with van der Waals surface area (Å²) in [6.45, 7) is 2.16. The van der Waals surface area contributed by atoms with Crippen molar-refractivity contribution in [2.45, 2.75) is 19.4 Å². The predicted molar refractivity (Wildman–Crippen MR) is 68.3 cm³/mol. The van der Waals surface area contributed by atoms with Gasteiger partial charge in [0.15, 0.2) is 0 Å². The standard InChI is InChI=1S/C10H17N3O2S2/c14-17(15,8-9-1-3-11-4-2-9)13-7-10-12-5-6-16-10/h5-6,9,11,13H,1-4,7-8H2. The molecule has 17 heavy (non-hydrogen) atoms. The van der Waals surface area contributed by atoms with Crippen LogP contribution in [0.1, 0.15) is 17.8 Å². The summed E-state index contributed by atoms with van der Waals surface area (Å²) in [5, 5.41) is 5.88. The van der Waals surface area contributed by atoms with Crippen LogP contribution in [0.15, 0.2) is 11.6 Å². The summed E-state index contributed by atoms with van der Waals surface area (Å²) in [6.07, 6.45) is 3.57. The molecule has 96 valence electrons. The van der Waals surface area contributed by atoms with Crippen LogP contribution >= 0.6 is 11.3 Å². The fourth-order valence-electron chi connectivity index (χ4n) is 1.93. The van der Waals surface area contributed by atoms with Gasteiger partial charge in [-0.25, -0.2) is 18.1 Å². The third kappa shape index (κ3) is 4.34. The Labute approximate surface area is 106 Å². The summed E-state index contributed by atoms with van der Waals surface area (Å²) in [6, 6.07) is 0. The van der Waals surface area contributed by atoms with E-state index in [1.807, 2.05) is 5.38 Å². The lowest BCUT2D eigenvalue weighted by molar-refractivity contribution is 0.400. The van der Waals surface area contributed by atoms with Crippen LogP contribution in [0.4, 0.5) is 0 Å². The minimum Gasteiger partial charge on any atom is -0.317 e. The molecule has 2 rings (SSSR count). The molecule has 1 fully saturated rings. The molecule has 0 unspecified atom stereocenters. The number of nitrogens with zero attached hydrogens (tertiary/aromatic N) is 1. The summed E-state index contributed by atoms with van der Waals surface area (Å²) >= 11 is 1.46. The zero-order chi connectivity index (χ0) is 12.1. The summed E-state index contributed by atoms with van der Waals surface area (Å²) in [4.78, 5) is 4.05. The molecule has 5 nitrogen and oxygen atoms in total. The van der Waals surface area contributed by atoms with Gasteiger partial charge in [-0.15, -0.1) is 11.3 Å². The van der Waals surface area contributed by atoms with Crippen molar-refractivity contribution in [3.05, 3.63) is 16.6 Å². The highest BCUT2D eigenvalue weighted by molar-refractivity contribution is 7.89. The second-order valence-electron chi connectivity index (χ2n) is 4.22. The number of hydrogen-bond donors (Lipinski definition) is 2. The molecule has 0 aromatic carbocycles. The fraction of sp³-hybridized carbons (Fsp3) is 0.700. The first kappa shape index (κ1) is 12.9. The monoisotopic (exact) mass is 275 g/mol. The van der Waals surface area contributed by atoms with Gasteiger partial charge >= 0.3 is 0 Å². The first-order valence-corrected chi connectivity index (χ1v) is 8.25. The molecule has 1 saturated heterocycles. The van der Waals surface area contributed by atoms with Crippen molar-refractivity contribution in [3.8, 4) is 0 Å². The topological polar surface area (TPSA) is 71.1 Å². The Morgan fingerprint density at radius 2 is 2.24 bits per heavy atom. The Morgan fingerprint density at radius 1 is 1.47 bits per heavy atom. The molecule has 1 aromatic rings. The van der Waals surface area contributed by atoms with E-state index in [1.54, 1.807) is 6.20 Å². The van der Waals surface area contributed by atoms with Gasteiger partial charge in [0.25, 0.3) is 0 Å². The lowest BCUT2D eigenvalue weighted by Crippen LogP contribution is -2.35. The predicted octanol–water partition coefficient (Wildman–Crippen LogP) is 0.562. The van der Waals surface area contributed by atoms with Gasteiger partial charge in [0, 0.05) is 11.6 Å². The molecule has 2 heterocycles. The lowest BCUT2D eigenvalue weighted by Gasteiger charge is -2.22. The molecule has 2 N–H and O–H groups in total. The highest BCUT2D eigenvalue weighted by Gasteiger charge is 2.20. The minimum absolute atomic E-state index is 0.236. The fourth-order valence-corrected chi connectivity index (χ4v) is 4.01. The van der Waals surface area contributed by atoms with E-state index in [-0.39, 0.29) is 11.7 Å². The number of nitrogens with one attached hydrogen (secondary N) is 2. The molecule has 0 bridgehead atoms. The number of hydrogen-bond acceptors (Lipinski definition) is 5. The van der Waals surface area contributed by atoms with Crippen LogP contribution in [0.25, 0.3) is 0 Å². The maximum Gasteiger partial charge on any atom is 0.212 e. The van der Waals surface area contributed by atoms with Gasteiger partial charge in [-0.05, 0) is 31.8 Å². The van der Waals surface area contributed by atoms with Crippen LogP contribution in [0.3, 0.4) is 0 Å². The molecular formula is C10H17N3O2S2. The van der Waals surface area contributed by atoms with E-state index < -0.39 is 10.0 Å². The number of thiazole rings is 1. The quantitative estimate of drug-likeness (QED) is 0.824. The molecule has 1 aliphatic heterocycles. The molecule has 0 aliphatic carbocycles. The average Bonchev–Trinajstić information content (AvgIpc) is 2.80. The Kier molecular flexibility index (Phi) is 4.49. The van der Waals surface area contributed by atoms with Crippen molar-refractivity contribution in [1.29, 1.82) is 0 Å². The van der Waals surface area contributed by atoms with E-state index in [0.717, 1.165) is 30.9 Å². The smallest absolute Gasteiger partial charge is 0.212 e. The van der Waals surface area contributed by atoms with Crippen LogP contribution in [-0.2, 0) is 16.6 Å². The minimum atomic E-state index is -3.17. The van der Waals surface area contributed by atoms with Crippen molar-refractivity contribution in [1.82, 2.24) is 15.0 Å². The van der Waals surface area contributed by atoms with Crippen molar-refractivity contribution < 1.29 is 8.42 Å². The van der Waals surface area contributed by atoms with Gasteiger partial charge in [0.05, 0.1) is 12.3 Å². The van der Waals surface area contributed by atoms with Crippen molar-refractivity contribution in [3.63, 3.8) is 0 Å². The summed E-state index contributed by atoms with van der Waals surface area (Å²) in [5.41, 5.74) is 0. The number of rotatable bonds is 5. The van der Waals surface area contributed by atoms with Gasteiger partial charge in [-0.1, -0.05) is 0 Å². The molecule has 0 amide bonds. The molecule has 1 aromatic heterocycles. The van der Waals surface area contributed by atoms with Crippen LogP contribution in [-0.4, -0.2) is 32.2 Å². The maximum atomic E-state index is 11.8. The molecule has 1 aliphatic rings. The SMILES string of the molecule is O=S(=O)(CC1CCNCC1)NCc1nccs1. The van der Waals surface area contributed by atoms with Gasteiger partial charge < -0.3 is 5.32 Å². The molecule has 7 heteroatoms. The molecule has 0 spiro atoms. The Balaban J connectivity index is 1.81. The normalized spacial score (nSPS) is 18.4. The summed E-state index contributed by atoms with van der Waals surface area (Å²) in [7, 11) is -3.17. The van der Waals surface area contributed by atoms with Crippen LogP contribution in [0.5, 0.6) is 0 Å². The van der Waals surface area contributed by atoms with Gasteiger partial charge in [-0.2, -0.15) is 0 Å². The van der Waals surface area contributed by atoms with E-state index in [1.165, 1.54) is 11.3 Å². The zero-order valence-corrected chi connectivity index (χ0v) is 11.2. The van der Waals surface area contributed by atoms with Gasteiger partial charge in [0.2, 0.25) is 10.0 Å². The highest BCUT2D eigenvalue weighted by Crippen LogP contribution is 2.14. The summed E-state index contributed by atoms with van der Waals surface area (Å²) < 4.78 is 26.3. The van der Waals surface area contributed by atoms with E-state index in [2.05, 4.69) is 15.0 Å².